The fraction of sp³-hybridized carbons (Fsp3) is 0.545. The lowest BCUT2D eigenvalue weighted by Crippen LogP contribution is -2.28. The Bertz CT molecular complexity index is 866. The molecule has 0 fully saturated rings. The number of Topliss-reactive ketones (excluding diaryl/α,β-unsaturated/α-hetero) is 1. The van der Waals surface area contributed by atoms with Gasteiger partial charge in [0.25, 0.3) is 0 Å². The van der Waals surface area contributed by atoms with Crippen molar-refractivity contribution >= 4 is 22.7 Å². The quantitative estimate of drug-likeness (QED) is 0.503. The average Bonchev–Trinajstić information content (AvgIpc) is 2.86. The molecule has 1 aromatic carbocycles. The van der Waals surface area contributed by atoms with Crippen molar-refractivity contribution in [3.63, 3.8) is 0 Å². The highest BCUT2D eigenvalue weighted by molar-refractivity contribution is 6.10. The molecule has 1 aliphatic rings. The highest BCUT2D eigenvalue weighted by Crippen LogP contribution is 2.40. The number of aromatic nitrogens is 1. The number of ketones is 1. The van der Waals surface area contributed by atoms with Crippen LogP contribution in [-0.2, 0) is 22.5 Å². The molecule has 27 heavy (non-hydrogen) atoms. The molecular weight excluding hydrogens is 345 g/mol. The maximum atomic E-state index is 13.8. The number of hydrogen-bond acceptors (Lipinski definition) is 3. The van der Waals surface area contributed by atoms with Crippen LogP contribution in [0.4, 0.5) is 4.39 Å². The number of rotatable bonds is 7. The number of benzene rings is 1. The summed E-state index contributed by atoms with van der Waals surface area (Å²) in [5.41, 5.74) is 2.58. The Morgan fingerprint density at radius 2 is 2.00 bits per heavy atom. The molecule has 1 aromatic heterocycles. The topological polar surface area (TPSA) is 48.3 Å². The number of halogens is 1. The highest BCUT2D eigenvalue weighted by Gasteiger charge is 2.35. The molecule has 5 heteroatoms. The van der Waals surface area contributed by atoms with Gasteiger partial charge < -0.3 is 9.30 Å². The molecule has 0 spiro atoms. The predicted octanol–water partition coefficient (Wildman–Crippen LogP) is 5.06. The van der Waals surface area contributed by atoms with Crippen LogP contribution in [0.3, 0.4) is 0 Å². The van der Waals surface area contributed by atoms with Crippen molar-refractivity contribution in [1.29, 1.82) is 0 Å². The Labute approximate surface area is 159 Å². The fourth-order valence-corrected chi connectivity index (χ4v) is 4.12. The maximum Gasteiger partial charge on any atom is 0.305 e. The van der Waals surface area contributed by atoms with E-state index in [1.165, 1.54) is 12.1 Å². The van der Waals surface area contributed by atoms with Gasteiger partial charge in [-0.05, 0) is 49.8 Å². The zero-order valence-corrected chi connectivity index (χ0v) is 16.4. The molecule has 0 atom stereocenters. The molecule has 4 nitrogen and oxygen atoms in total. The van der Waals surface area contributed by atoms with E-state index in [2.05, 4.69) is 18.4 Å². The van der Waals surface area contributed by atoms with E-state index in [0.29, 0.717) is 25.0 Å². The van der Waals surface area contributed by atoms with Gasteiger partial charge in [-0.2, -0.15) is 0 Å². The zero-order chi connectivity index (χ0) is 19.6. The third kappa shape index (κ3) is 4.23. The molecule has 0 bridgehead atoms. The summed E-state index contributed by atoms with van der Waals surface area (Å²) in [4.78, 5) is 24.2. The van der Waals surface area contributed by atoms with E-state index in [0.717, 1.165) is 48.8 Å². The minimum Gasteiger partial charge on any atom is -0.466 e. The van der Waals surface area contributed by atoms with E-state index in [4.69, 9.17) is 4.74 Å². The largest absolute Gasteiger partial charge is 0.466 e. The first kappa shape index (κ1) is 19.6. The van der Waals surface area contributed by atoms with Crippen molar-refractivity contribution in [3.05, 3.63) is 35.3 Å². The lowest BCUT2D eigenvalue weighted by molar-refractivity contribution is -0.143. The van der Waals surface area contributed by atoms with Gasteiger partial charge in [0.15, 0.2) is 5.78 Å². The average molecular weight is 373 g/mol. The van der Waals surface area contributed by atoms with E-state index in [9.17, 15) is 14.0 Å². The molecule has 0 N–H and O–H groups in total. The van der Waals surface area contributed by atoms with E-state index in [-0.39, 0.29) is 23.0 Å². The van der Waals surface area contributed by atoms with Crippen LogP contribution in [0.15, 0.2) is 18.2 Å². The second-order valence-corrected chi connectivity index (χ2v) is 8.19. The molecule has 0 saturated heterocycles. The Kier molecular flexibility index (Phi) is 5.68. The van der Waals surface area contributed by atoms with Crippen molar-refractivity contribution in [3.8, 4) is 0 Å². The summed E-state index contributed by atoms with van der Waals surface area (Å²) < 4.78 is 21.0. The Morgan fingerprint density at radius 3 is 2.74 bits per heavy atom. The SMILES string of the molecule is CCOC(=O)CCCCCn1c2c(c3cc(F)ccc31)C(=O)CC(C)(C)C2. The molecule has 0 saturated carbocycles. The third-order valence-corrected chi connectivity index (χ3v) is 5.27. The molecule has 0 amide bonds. The monoisotopic (exact) mass is 373 g/mol. The van der Waals surface area contributed by atoms with Crippen molar-refractivity contribution in [1.82, 2.24) is 4.57 Å². The van der Waals surface area contributed by atoms with E-state index in [1.807, 2.05) is 6.92 Å². The van der Waals surface area contributed by atoms with Gasteiger partial charge in [0.05, 0.1) is 6.61 Å². The number of ether oxygens (including phenoxy) is 1. The van der Waals surface area contributed by atoms with Crippen LogP contribution >= 0.6 is 0 Å². The van der Waals surface area contributed by atoms with Crippen molar-refractivity contribution < 1.29 is 18.7 Å². The maximum absolute atomic E-state index is 13.8. The van der Waals surface area contributed by atoms with Crippen molar-refractivity contribution in [2.45, 2.75) is 65.8 Å². The molecule has 0 aliphatic heterocycles. The lowest BCUT2D eigenvalue weighted by atomic mass is 9.75. The Balaban J connectivity index is 1.81. The summed E-state index contributed by atoms with van der Waals surface area (Å²) in [6.07, 6.45) is 4.35. The summed E-state index contributed by atoms with van der Waals surface area (Å²) in [5, 5.41) is 0.733. The van der Waals surface area contributed by atoms with Crippen LogP contribution in [0.5, 0.6) is 0 Å². The minimum absolute atomic E-state index is 0.0847. The summed E-state index contributed by atoms with van der Waals surface area (Å²) >= 11 is 0. The van der Waals surface area contributed by atoms with Crippen LogP contribution in [0, 0.1) is 11.2 Å². The molecule has 0 unspecified atom stereocenters. The number of carbonyl (C=O) groups is 2. The number of nitrogens with zero attached hydrogens (tertiary/aromatic N) is 1. The van der Waals surface area contributed by atoms with Gasteiger partial charge in [-0.25, -0.2) is 4.39 Å². The summed E-state index contributed by atoms with van der Waals surface area (Å²) in [5.74, 6) is -0.350. The second kappa shape index (κ2) is 7.83. The summed E-state index contributed by atoms with van der Waals surface area (Å²) in [6, 6.07) is 4.73. The number of esters is 1. The first-order chi connectivity index (χ1) is 12.8. The summed E-state index contributed by atoms with van der Waals surface area (Å²) in [7, 11) is 0. The lowest BCUT2D eigenvalue weighted by Gasteiger charge is -2.29. The zero-order valence-electron chi connectivity index (χ0n) is 16.4. The standard InChI is InChI=1S/C22H28FNO3/c1-4-27-20(26)8-6-5-7-11-24-17-10-9-15(23)12-16(17)21-18(24)13-22(2,3)14-19(21)25/h9-10,12H,4-8,11,13-14H2,1-3H3. The number of unbranched alkanes of at least 4 members (excludes halogenated alkanes) is 2. The highest BCUT2D eigenvalue weighted by atomic mass is 19.1. The molecule has 146 valence electrons. The molecular formula is C22H28FNO3. The fourth-order valence-electron chi connectivity index (χ4n) is 4.12. The van der Waals surface area contributed by atoms with Crippen molar-refractivity contribution in [2.24, 2.45) is 5.41 Å². The van der Waals surface area contributed by atoms with Gasteiger partial charge in [-0.1, -0.05) is 20.3 Å². The molecule has 1 heterocycles. The van der Waals surface area contributed by atoms with Gasteiger partial charge >= 0.3 is 5.97 Å². The minimum atomic E-state index is -0.311. The summed E-state index contributed by atoms with van der Waals surface area (Å²) in [6.45, 7) is 7.21. The smallest absolute Gasteiger partial charge is 0.305 e. The van der Waals surface area contributed by atoms with Crippen LogP contribution in [0.25, 0.3) is 10.9 Å². The van der Waals surface area contributed by atoms with E-state index < -0.39 is 0 Å². The van der Waals surface area contributed by atoms with Crippen molar-refractivity contribution in [2.75, 3.05) is 6.61 Å². The Hall–Kier alpha value is -2.17. The van der Waals surface area contributed by atoms with E-state index in [1.54, 1.807) is 6.07 Å². The molecule has 2 aromatic rings. The van der Waals surface area contributed by atoms with Gasteiger partial charge in [0.1, 0.15) is 5.82 Å². The second-order valence-electron chi connectivity index (χ2n) is 8.19. The molecule has 1 aliphatic carbocycles. The number of aryl methyl sites for hydroxylation is 1. The molecule has 0 radical (unpaired) electrons. The first-order valence-corrected chi connectivity index (χ1v) is 9.82. The van der Waals surface area contributed by atoms with Crippen LogP contribution in [0.2, 0.25) is 0 Å². The molecule has 3 rings (SSSR count). The number of carbonyl (C=O) groups excluding carboxylic acids is 2. The first-order valence-electron chi connectivity index (χ1n) is 9.82. The number of fused-ring (bicyclic) bond motifs is 3. The van der Waals surface area contributed by atoms with E-state index >= 15 is 0 Å². The number of hydrogen-bond donors (Lipinski definition) is 0. The third-order valence-electron chi connectivity index (χ3n) is 5.27. The van der Waals surface area contributed by atoms with Crippen LogP contribution < -0.4 is 0 Å². The van der Waals surface area contributed by atoms with Gasteiger partial charge in [0, 0.05) is 41.5 Å². The Morgan fingerprint density at radius 1 is 1.22 bits per heavy atom. The van der Waals surface area contributed by atoms with Crippen LogP contribution in [-0.4, -0.2) is 22.9 Å². The van der Waals surface area contributed by atoms with Crippen LogP contribution in [0.1, 0.15) is 68.9 Å². The van der Waals surface area contributed by atoms with Gasteiger partial charge in [0.2, 0.25) is 0 Å². The normalized spacial score (nSPS) is 15.8. The van der Waals surface area contributed by atoms with Gasteiger partial charge in [-0.3, -0.25) is 9.59 Å². The van der Waals surface area contributed by atoms with Gasteiger partial charge in [-0.15, -0.1) is 0 Å². The predicted molar refractivity (Wildman–Crippen MR) is 103 cm³/mol.